The number of anilines is 1. The molecular formula is C16H12Cl2FN3O2. The first kappa shape index (κ1) is 16.7. The first-order chi connectivity index (χ1) is 11.4. The molecule has 1 aliphatic heterocycles. The number of benzene rings is 2. The zero-order valence-corrected chi connectivity index (χ0v) is 14.0. The van der Waals surface area contributed by atoms with Gasteiger partial charge >= 0.3 is 0 Å². The fraction of sp³-hybridized carbons (Fsp3) is 0.125. The average Bonchev–Trinajstić information content (AvgIpc) is 2.70. The number of aliphatic imine (C=N–C) groups is 1. The van der Waals surface area contributed by atoms with Crippen LogP contribution in [-0.4, -0.2) is 25.3 Å². The van der Waals surface area contributed by atoms with Crippen molar-refractivity contribution in [3.05, 3.63) is 57.3 Å². The van der Waals surface area contributed by atoms with Crippen LogP contribution in [0.4, 0.5) is 10.1 Å². The van der Waals surface area contributed by atoms with Crippen LogP contribution < -0.4 is 15.6 Å². The molecule has 8 heteroatoms. The molecule has 0 fully saturated rings. The van der Waals surface area contributed by atoms with E-state index >= 15 is 0 Å². The Hall–Kier alpha value is -2.15. The third-order valence-electron chi connectivity index (χ3n) is 3.64. The van der Waals surface area contributed by atoms with Crippen LogP contribution in [0.15, 0.2) is 35.3 Å². The molecule has 0 unspecified atom stereocenters. The van der Waals surface area contributed by atoms with E-state index in [1.807, 2.05) is 0 Å². The SMILES string of the molecule is COc1ccc(F)c(C2=NCC(=O)N(N)c3ccc(Cl)c(Cl)c32)c1. The second kappa shape index (κ2) is 6.39. The standard InChI is InChI=1S/C16H12Cl2FN3O2/c1-24-8-2-4-11(19)9(6-8)16-14-12(5-3-10(17)15(14)18)22(20)13(23)7-21-16/h2-6H,7,20H2,1H3. The third kappa shape index (κ3) is 2.73. The van der Waals surface area contributed by atoms with Crippen LogP contribution in [0.3, 0.4) is 0 Å². The molecule has 0 radical (unpaired) electrons. The number of hydrogen-bond acceptors (Lipinski definition) is 4. The molecule has 0 spiro atoms. The molecule has 1 amide bonds. The number of hydrazine groups is 1. The summed E-state index contributed by atoms with van der Waals surface area (Å²) in [6.45, 7) is -0.245. The van der Waals surface area contributed by atoms with E-state index in [1.165, 1.54) is 31.4 Å². The Morgan fingerprint density at radius 2 is 2.04 bits per heavy atom. The van der Waals surface area contributed by atoms with Crippen LogP contribution in [0.1, 0.15) is 11.1 Å². The van der Waals surface area contributed by atoms with Gasteiger partial charge in [-0.2, -0.15) is 0 Å². The van der Waals surface area contributed by atoms with Gasteiger partial charge in [-0.25, -0.2) is 15.2 Å². The predicted molar refractivity (Wildman–Crippen MR) is 91.6 cm³/mol. The Kier molecular flexibility index (Phi) is 4.45. The van der Waals surface area contributed by atoms with E-state index in [-0.39, 0.29) is 27.9 Å². The van der Waals surface area contributed by atoms with E-state index < -0.39 is 11.7 Å². The molecule has 5 nitrogen and oxygen atoms in total. The van der Waals surface area contributed by atoms with Crippen LogP contribution in [0.25, 0.3) is 0 Å². The molecule has 0 aliphatic carbocycles. The van der Waals surface area contributed by atoms with Gasteiger partial charge in [0.05, 0.1) is 28.6 Å². The molecule has 2 aromatic rings. The maximum Gasteiger partial charge on any atom is 0.262 e. The van der Waals surface area contributed by atoms with Crippen molar-refractivity contribution >= 4 is 40.5 Å². The fourth-order valence-corrected chi connectivity index (χ4v) is 2.84. The van der Waals surface area contributed by atoms with Crippen molar-refractivity contribution in [2.45, 2.75) is 0 Å². The molecule has 1 aliphatic rings. The van der Waals surface area contributed by atoms with Crippen LogP contribution in [0.2, 0.25) is 10.0 Å². The van der Waals surface area contributed by atoms with E-state index in [9.17, 15) is 9.18 Å². The molecule has 3 rings (SSSR count). The molecule has 0 bridgehead atoms. The van der Waals surface area contributed by atoms with Crippen molar-refractivity contribution in [2.75, 3.05) is 18.7 Å². The number of hydrogen-bond donors (Lipinski definition) is 1. The molecule has 0 saturated carbocycles. The predicted octanol–water partition coefficient (Wildman–Crippen LogP) is 3.20. The maximum atomic E-state index is 14.4. The van der Waals surface area contributed by atoms with E-state index in [1.54, 1.807) is 6.07 Å². The number of nitrogens with zero attached hydrogens (tertiary/aromatic N) is 2. The van der Waals surface area contributed by atoms with Gasteiger partial charge in [-0.3, -0.25) is 9.79 Å². The number of methoxy groups -OCH3 is 1. The van der Waals surface area contributed by atoms with Crippen LogP contribution >= 0.6 is 23.2 Å². The highest BCUT2D eigenvalue weighted by atomic mass is 35.5. The number of amides is 1. The van der Waals surface area contributed by atoms with Gasteiger partial charge in [-0.1, -0.05) is 23.2 Å². The topological polar surface area (TPSA) is 67.9 Å². The minimum atomic E-state index is -0.533. The van der Waals surface area contributed by atoms with Crippen LogP contribution in [-0.2, 0) is 4.79 Å². The summed E-state index contributed by atoms with van der Waals surface area (Å²) in [6, 6.07) is 7.27. The molecule has 1 heterocycles. The number of ether oxygens (including phenoxy) is 1. The van der Waals surface area contributed by atoms with E-state index in [0.29, 0.717) is 17.0 Å². The zero-order chi connectivity index (χ0) is 17.4. The van der Waals surface area contributed by atoms with Crippen molar-refractivity contribution in [3.8, 4) is 5.75 Å². The average molecular weight is 368 g/mol. The lowest BCUT2D eigenvalue weighted by molar-refractivity contribution is -0.117. The summed E-state index contributed by atoms with van der Waals surface area (Å²) in [7, 11) is 1.47. The minimum Gasteiger partial charge on any atom is -0.497 e. The number of fused-ring (bicyclic) bond motifs is 1. The quantitative estimate of drug-likeness (QED) is 0.654. The van der Waals surface area contributed by atoms with Gasteiger partial charge in [0.1, 0.15) is 18.1 Å². The van der Waals surface area contributed by atoms with E-state index in [4.69, 9.17) is 33.8 Å². The highest BCUT2D eigenvalue weighted by Gasteiger charge is 2.28. The summed E-state index contributed by atoms with van der Waals surface area (Å²) in [5.41, 5.74) is 0.926. The zero-order valence-electron chi connectivity index (χ0n) is 12.5. The lowest BCUT2D eigenvalue weighted by Crippen LogP contribution is -2.38. The molecule has 24 heavy (non-hydrogen) atoms. The van der Waals surface area contributed by atoms with Crippen molar-refractivity contribution < 1.29 is 13.9 Å². The summed E-state index contributed by atoms with van der Waals surface area (Å²) in [5, 5.41) is 1.32. The van der Waals surface area contributed by atoms with Crippen molar-refractivity contribution in [3.63, 3.8) is 0 Å². The largest absolute Gasteiger partial charge is 0.497 e. The van der Waals surface area contributed by atoms with Gasteiger partial charge < -0.3 is 4.74 Å². The van der Waals surface area contributed by atoms with Crippen molar-refractivity contribution in [2.24, 2.45) is 10.8 Å². The lowest BCUT2D eigenvalue weighted by atomic mass is 9.99. The van der Waals surface area contributed by atoms with Crippen LogP contribution in [0.5, 0.6) is 5.75 Å². The Morgan fingerprint density at radius 1 is 1.29 bits per heavy atom. The van der Waals surface area contributed by atoms with E-state index in [2.05, 4.69) is 4.99 Å². The van der Waals surface area contributed by atoms with Gasteiger partial charge in [0.2, 0.25) is 0 Å². The van der Waals surface area contributed by atoms with Crippen molar-refractivity contribution in [1.29, 1.82) is 0 Å². The molecule has 124 valence electrons. The first-order valence-corrected chi connectivity index (χ1v) is 7.64. The van der Waals surface area contributed by atoms with Crippen LogP contribution in [0, 0.1) is 5.82 Å². The third-order valence-corrected chi connectivity index (χ3v) is 4.44. The Bertz CT molecular complexity index is 871. The first-order valence-electron chi connectivity index (χ1n) is 6.88. The second-order valence-electron chi connectivity index (χ2n) is 5.03. The van der Waals surface area contributed by atoms with Gasteiger partial charge in [0.15, 0.2) is 0 Å². The van der Waals surface area contributed by atoms with Gasteiger partial charge in [-0.15, -0.1) is 0 Å². The molecule has 2 aromatic carbocycles. The molecular weight excluding hydrogens is 356 g/mol. The minimum absolute atomic E-state index is 0.139. The van der Waals surface area contributed by atoms with Gasteiger partial charge in [0, 0.05) is 11.1 Å². The summed E-state index contributed by atoms with van der Waals surface area (Å²) in [5.74, 6) is 5.29. The number of rotatable bonds is 2. The highest BCUT2D eigenvalue weighted by molar-refractivity contribution is 6.45. The number of nitrogens with two attached hydrogens (primary N) is 1. The normalized spacial score (nSPS) is 14.1. The molecule has 0 atom stereocenters. The number of benzodiazepines with no additional fused rings is 1. The van der Waals surface area contributed by atoms with Crippen molar-refractivity contribution in [1.82, 2.24) is 0 Å². The summed E-state index contributed by atoms with van der Waals surface area (Å²) >= 11 is 12.4. The molecule has 0 saturated heterocycles. The maximum absolute atomic E-state index is 14.4. The number of carbonyl (C=O) groups is 1. The fourth-order valence-electron chi connectivity index (χ4n) is 2.44. The van der Waals surface area contributed by atoms with E-state index in [0.717, 1.165) is 5.01 Å². The summed E-state index contributed by atoms with van der Waals surface area (Å²) < 4.78 is 19.5. The lowest BCUT2D eigenvalue weighted by Gasteiger charge is -2.19. The monoisotopic (exact) mass is 367 g/mol. The Morgan fingerprint density at radius 3 is 2.75 bits per heavy atom. The number of halogens is 3. The summed E-state index contributed by atoms with van der Waals surface area (Å²) in [4.78, 5) is 16.3. The second-order valence-corrected chi connectivity index (χ2v) is 5.82. The Labute approximate surface area is 147 Å². The van der Waals surface area contributed by atoms with Gasteiger partial charge in [0.25, 0.3) is 5.91 Å². The number of carbonyl (C=O) groups excluding carboxylic acids is 1. The Balaban J connectivity index is 2.32. The van der Waals surface area contributed by atoms with Gasteiger partial charge in [-0.05, 0) is 30.3 Å². The highest BCUT2D eigenvalue weighted by Crippen LogP contribution is 2.37. The molecule has 2 N–H and O–H groups in total. The smallest absolute Gasteiger partial charge is 0.262 e. The molecule has 0 aromatic heterocycles. The summed E-state index contributed by atoms with van der Waals surface area (Å²) in [6.07, 6.45) is 0.